The van der Waals surface area contributed by atoms with Crippen LogP contribution in [-0.4, -0.2) is 12.1 Å². The lowest BCUT2D eigenvalue weighted by Gasteiger charge is -2.32. The van der Waals surface area contributed by atoms with Gasteiger partial charge in [-0.25, -0.2) is 4.39 Å². The highest BCUT2D eigenvalue weighted by atomic mass is 19.1. The predicted octanol–water partition coefficient (Wildman–Crippen LogP) is 4.53. The standard InChI is InChI=1S/C18H28FNO/c1-12(2)20-11-15-6-8-18(17(19)10-15)21-16-7-5-13(3)14(4)9-16/h6,8,10,12-14,16,20H,5,7,9,11H2,1-4H3. The van der Waals surface area contributed by atoms with Crippen molar-refractivity contribution in [3.63, 3.8) is 0 Å². The lowest BCUT2D eigenvalue weighted by atomic mass is 9.80. The molecule has 0 spiro atoms. The molecule has 0 bridgehead atoms. The maximum atomic E-state index is 14.2. The summed E-state index contributed by atoms with van der Waals surface area (Å²) in [6, 6.07) is 5.70. The summed E-state index contributed by atoms with van der Waals surface area (Å²) in [6.45, 7) is 9.40. The molecule has 3 heteroatoms. The van der Waals surface area contributed by atoms with Crippen molar-refractivity contribution in [1.29, 1.82) is 0 Å². The summed E-state index contributed by atoms with van der Waals surface area (Å²) >= 11 is 0. The minimum absolute atomic E-state index is 0.158. The van der Waals surface area contributed by atoms with Crippen LogP contribution in [0.3, 0.4) is 0 Å². The van der Waals surface area contributed by atoms with Gasteiger partial charge < -0.3 is 10.1 Å². The second-order valence-corrected chi connectivity index (χ2v) is 6.81. The molecule has 1 fully saturated rings. The Hall–Kier alpha value is -1.09. The quantitative estimate of drug-likeness (QED) is 0.861. The van der Waals surface area contributed by atoms with Crippen LogP contribution >= 0.6 is 0 Å². The van der Waals surface area contributed by atoms with E-state index < -0.39 is 0 Å². The Morgan fingerprint density at radius 2 is 2.00 bits per heavy atom. The molecule has 0 amide bonds. The molecule has 2 nitrogen and oxygen atoms in total. The number of halogens is 1. The van der Waals surface area contributed by atoms with Gasteiger partial charge in [-0.15, -0.1) is 0 Å². The van der Waals surface area contributed by atoms with Crippen molar-refractivity contribution >= 4 is 0 Å². The van der Waals surface area contributed by atoms with E-state index in [0.29, 0.717) is 24.3 Å². The molecule has 118 valence electrons. The van der Waals surface area contributed by atoms with Gasteiger partial charge in [0.05, 0.1) is 6.10 Å². The van der Waals surface area contributed by atoms with E-state index in [1.165, 1.54) is 6.42 Å². The van der Waals surface area contributed by atoms with E-state index in [-0.39, 0.29) is 11.9 Å². The van der Waals surface area contributed by atoms with E-state index >= 15 is 0 Å². The van der Waals surface area contributed by atoms with Crippen LogP contribution < -0.4 is 10.1 Å². The number of rotatable bonds is 5. The van der Waals surface area contributed by atoms with E-state index in [0.717, 1.165) is 24.3 Å². The van der Waals surface area contributed by atoms with Gasteiger partial charge in [0.15, 0.2) is 11.6 Å². The molecule has 0 saturated heterocycles. The second kappa shape index (κ2) is 7.26. The second-order valence-electron chi connectivity index (χ2n) is 6.81. The minimum Gasteiger partial charge on any atom is -0.487 e. The first-order valence-electron chi connectivity index (χ1n) is 8.14. The van der Waals surface area contributed by atoms with Crippen LogP contribution in [0.25, 0.3) is 0 Å². The topological polar surface area (TPSA) is 21.3 Å². The largest absolute Gasteiger partial charge is 0.487 e. The van der Waals surface area contributed by atoms with Crippen LogP contribution in [0, 0.1) is 17.7 Å². The Morgan fingerprint density at radius 1 is 1.24 bits per heavy atom. The summed E-state index contributed by atoms with van der Waals surface area (Å²) in [5.41, 5.74) is 0.958. The molecule has 1 saturated carbocycles. The predicted molar refractivity (Wildman–Crippen MR) is 85.0 cm³/mol. The molecule has 2 rings (SSSR count). The number of hydrogen-bond donors (Lipinski definition) is 1. The van der Waals surface area contributed by atoms with E-state index in [9.17, 15) is 4.39 Å². The lowest BCUT2D eigenvalue weighted by molar-refractivity contribution is 0.0968. The summed E-state index contributed by atoms with van der Waals surface area (Å²) < 4.78 is 20.0. The highest BCUT2D eigenvalue weighted by Crippen LogP contribution is 2.32. The fourth-order valence-corrected chi connectivity index (χ4v) is 2.86. The third-order valence-corrected chi connectivity index (χ3v) is 4.55. The molecular weight excluding hydrogens is 265 g/mol. The number of nitrogens with one attached hydrogen (secondary N) is 1. The number of hydrogen-bond acceptors (Lipinski definition) is 2. The van der Waals surface area contributed by atoms with Crippen molar-refractivity contribution in [3.8, 4) is 5.75 Å². The maximum Gasteiger partial charge on any atom is 0.165 e. The van der Waals surface area contributed by atoms with Crippen LogP contribution in [0.5, 0.6) is 5.75 Å². The first-order chi connectivity index (χ1) is 9.95. The van der Waals surface area contributed by atoms with Crippen LogP contribution in [0.15, 0.2) is 18.2 Å². The smallest absolute Gasteiger partial charge is 0.165 e. The van der Waals surface area contributed by atoms with Gasteiger partial charge in [-0.2, -0.15) is 0 Å². The molecule has 0 heterocycles. The summed E-state index contributed by atoms with van der Waals surface area (Å²) in [6.07, 6.45) is 3.38. The van der Waals surface area contributed by atoms with Crippen LogP contribution in [0.2, 0.25) is 0 Å². The van der Waals surface area contributed by atoms with Crippen LogP contribution in [0.1, 0.15) is 52.5 Å². The van der Waals surface area contributed by atoms with Gasteiger partial charge in [0.25, 0.3) is 0 Å². The molecule has 0 aliphatic heterocycles. The van der Waals surface area contributed by atoms with Crippen molar-refractivity contribution in [3.05, 3.63) is 29.6 Å². The van der Waals surface area contributed by atoms with Crippen molar-refractivity contribution in [2.75, 3.05) is 0 Å². The molecule has 1 aliphatic rings. The highest BCUT2D eigenvalue weighted by Gasteiger charge is 2.26. The highest BCUT2D eigenvalue weighted by molar-refractivity contribution is 5.29. The lowest BCUT2D eigenvalue weighted by Crippen LogP contribution is -2.29. The van der Waals surface area contributed by atoms with Crippen molar-refractivity contribution in [2.24, 2.45) is 11.8 Å². The van der Waals surface area contributed by atoms with Crippen molar-refractivity contribution in [1.82, 2.24) is 5.32 Å². The molecule has 21 heavy (non-hydrogen) atoms. The zero-order valence-electron chi connectivity index (χ0n) is 13.7. The third kappa shape index (κ3) is 4.70. The molecule has 1 aromatic rings. The summed E-state index contributed by atoms with van der Waals surface area (Å²) in [7, 11) is 0. The Kier molecular flexibility index (Phi) is 5.63. The average Bonchev–Trinajstić information content (AvgIpc) is 2.43. The van der Waals surface area contributed by atoms with Gasteiger partial charge in [-0.1, -0.05) is 33.8 Å². The number of benzene rings is 1. The Labute approximate surface area is 128 Å². The Balaban J connectivity index is 1.94. The van der Waals surface area contributed by atoms with Gasteiger partial charge in [-0.3, -0.25) is 0 Å². The van der Waals surface area contributed by atoms with Gasteiger partial charge >= 0.3 is 0 Å². The first-order valence-corrected chi connectivity index (χ1v) is 8.14. The Bertz CT molecular complexity index is 461. The first kappa shape index (κ1) is 16.3. The molecule has 3 unspecified atom stereocenters. The molecule has 0 radical (unpaired) electrons. The normalized spacial score (nSPS) is 26.1. The van der Waals surface area contributed by atoms with Gasteiger partial charge in [0, 0.05) is 12.6 Å². The summed E-state index contributed by atoms with van der Waals surface area (Å²) in [4.78, 5) is 0. The van der Waals surface area contributed by atoms with Crippen molar-refractivity contribution < 1.29 is 9.13 Å². The third-order valence-electron chi connectivity index (χ3n) is 4.55. The molecule has 1 aliphatic carbocycles. The van der Waals surface area contributed by atoms with Gasteiger partial charge in [0.1, 0.15) is 0 Å². The molecule has 1 N–H and O–H groups in total. The van der Waals surface area contributed by atoms with E-state index in [1.807, 2.05) is 6.07 Å². The summed E-state index contributed by atoms with van der Waals surface area (Å²) in [5, 5.41) is 3.29. The molecule has 1 aromatic carbocycles. The zero-order valence-corrected chi connectivity index (χ0v) is 13.7. The van der Waals surface area contributed by atoms with Gasteiger partial charge in [0.2, 0.25) is 0 Å². The maximum absolute atomic E-state index is 14.2. The summed E-state index contributed by atoms with van der Waals surface area (Å²) in [5.74, 6) is 1.56. The van der Waals surface area contributed by atoms with Crippen molar-refractivity contribution in [2.45, 2.75) is 65.6 Å². The van der Waals surface area contributed by atoms with Gasteiger partial charge in [-0.05, 0) is 48.8 Å². The molecule has 3 atom stereocenters. The van der Waals surface area contributed by atoms with E-state index in [4.69, 9.17) is 4.74 Å². The fourth-order valence-electron chi connectivity index (χ4n) is 2.86. The monoisotopic (exact) mass is 293 g/mol. The van der Waals surface area contributed by atoms with Crippen LogP contribution in [-0.2, 0) is 6.54 Å². The molecule has 0 aromatic heterocycles. The Morgan fingerprint density at radius 3 is 2.62 bits per heavy atom. The van der Waals surface area contributed by atoms with E-state index in [1.54, 1.807) is 12.1 Å². The van der Waals surface area contributed by atoms with E-state index in [2.05, 4.69) is 33.0 Å². The number of ether oxygens (including phenoxy) is 1. The SMILES string of the molecule is CC(C)NCc1ccc(OC2CCC(C)C(C)C2)c(F)c1. The zero-order chi connectivity index (χ0) is 15.4. The minimum atomic E-state index is -0.246. The average molecular weight is 293 g/mol. The molecular formula is C18H28FNO. The fraction of sp³-hybridized carbons (Fsp3) is 0.667. The van der Waals surface area contributed by atoms with Crippen LogP contribution in [0.4, 0.5) is 4.39 Å².